The first kappa shape index (κ1) is 31.6. The van der Waals surface area contributed by atoms with Crippen LogP contribution in [0.5, 0.6) is 0 Å². The van der Waals surface area contributed by atoms with E-state index in [1.165, 1.54) is 0 Å². The predicted molar refractivity (Wildman–Crippen MR) is 142 cm³/mol. The second-order valence-corrected chi connectivity index (χ2v) is 9.37. The number of alkyl halides is 2. The molecule has 1 aromatic carbocycles. The monoisotopic (exact) mass is 580 g/mol. The predicted octanol–water partition coefficient (Wildman–Crippen LogP) is 3.62. The summed E-state index contributed by atoms with van der Waals surface area (Å²) in [5, 5.41) is 14.5. The number of aliphatic hydroxyl groups excluding tert-OH is 1. The number of nitrogens with one attached hydrogen (secondary N) is 2. The van der Waals surface area contributed by atoms with Gasteiger partial charge in [0.05, 0.1) is 19.6 Å². The summed E-state index contributed by atoms with van der Waals surface area (Å²) in [5.41, 5.74) is -0.694. The molecular weight excluding hydrogens is 546 g/mol. The summed E-state index contributed by atoms with van der Waals surface area (Å²) in [5.74, 6) is -6.11. The zero-order valence-electron chi connectivity index (χ0n) is 22.6. The summed E-state index contributed by atoms with van der Waals surface area (Å²) in [6.07, 6.45) is -2.69. The van der Waals surface area contributed by atoms with E-state index >= 15 is 8.78 Å². The van der Waals surface area contributed by atoms with Gasteiger partial charge in [-0.15, -0.1) is 0 Å². The molecule has 224 valence electrons. The number of esters is 1. The molecule has 0 unspecified atom stereocenters. The Morgan fingerprint density at radius 2 is 1.80 bits per heavy atom. The fourth-order valence-electron chi connectivity index (χ4n) is 4.16. The molecule has 1 aliphatic rings. The van der Waals surface area contributed by atoms with Gasteiger partial charge in [-0.05, 0) is 24.6 Å². The Morgan fingerprint density at radius 3 is 2.51 bits per heavy atom. The van der Waals surface area contributed by atoms with Gasteiger partial charge in [0.15, 0.2) is 6.10 Å². The number of ether oxygens (including phenoxy) is 3. The minimum absolute atomic E-state index is 0.0922. The summed E-state index contributed by atoms with van der Waals surface area (Å²) in [6.45, 7) is 1.18. The SMILES string of the molecule is CCCCCCCOC(=O)Nc1ccnc(=O)n1[C@@H]1O[C@H](CO)[C@@H](OC(=O)CCC(=O)Nc2ccccc2)C1(F)F. The molecule has 3 atom stereocenters. The number of carbonyl (C=O) groups is 3. The Kier molecular flexibility index (Phi) is 11.7. The molecule has 1 fully saturated rings. The first-order valence-corrected chi connectivity index (χ1v) is 13.4. The standard InChI is InChI=1S/C27H34F2N4O8/c1-2-3-4-5-9-16-39-26(38)32-20-14-15-30-25(37)33(20)24-27(28,29)23(19(17-34)40-24)41-22(36)13-12-21(35)31-18-10-7-6-8-11-18/h6-8,10-11,14-15,19,23-24,34H,2-5,9,12-13,16-17H2,1H3,(H,31,35)(H,32,38)/t19-,23-,24-/m1/s1. The normalized spacial score (nSPS) is 19.4. The summed E-state index contributed by atoms with van der Waals surface area (Å²) in [6, 6.07) is 9.52. The van der Waals surface area contributed by atoms with Crippen molar-refractivity contribution >= 4 is 29.5 Å². The zero-order valence-corrected chi connectivity index (χ0v) is 22.6. The Balaban J connectivity index is 1.65. The van der Waals surface area contributed by atoms with E-state index in [9.17, 15) is 24.3 Å². The quantitative estimate of drug-likeness (QED) is 0.224. The highest BCUT2D eigenvalue weighted by Gasteiger charge is 2.62. The minimum atomic E-state index is -4.04. The van der Waals surface area contributed by atoms with Crippen LogP contribution < -0.4 is 16.3 Å². The number of halogens is 2. The fourth-order valence-corrected chi connectivity index (χ4v) is 4.16. The van der Waals surface area contributed by atoms with Crippen molar-refractivity contribution < 1.29 is 42.5 Å². The Labute approximate surface area is 235 Å². The van der Waals surface area contributed by atoms with Gasteiger partial charge in [-0.25, -0.2) is 19.1 Å². The van der Waals surface area contributed by atoms with Crippen LogP contribution in [-0.2, 0) is 23.8 Å². The van der Waals surface area contributed by atoms with E-state index in [0.717, 1.165) is 37.9 Å². The molecule has 0 aliphatic carbocycles. The van der Waals surface area contributed by atoms with Crippen molar-refractivity contribution in [2.24, 2.45) is 0 Å². The average molecular weight is 581 g/mol. The van der Waals surface area contributed by atoms with Crippen LogP contribution in [0.3, 0.4) is 0 Å². The van der Waals surface area contributed by atoms with E-state index in [0.29, 0.717) is 16.7 Å². The van der Waals surface area contributed by atoms with Gasteiger partial charge in [-0.1, -0.05) is 50.8 Å². The Hall–Kier alpha value is -3.91. The highest BCUT2D eigenvalue weighted by molar-refractivity contribution is 5.92. The maximum absolute atomic E-state index is 15.6. The minimum Gasteiger partial charge on any atom is -0.453 e. The van der Waals surface area contributed by atoms with Crippen molar-refractivity contribution in [3.8, 4) is 0 Å². The molecule has 3 rings (SSSR count). The fraction of sp³-hybridized carbons (Fsp3) is 0.519. The maximum atomic E-state index is 15.6. The van der Waals surface area contributed by atoms with E-state index in [-0.39, 0.29) is 13.0 Å². The van der Waals surface area contributed by atoms with Gasteiger partial charge in [-0.2, -0.15) is 8.78 Å². The van der Waals surface area contributed by atoms with E-state index in [4.69, 9.17) is 14.2 Å². The third kappa shape index (κ3) is 8.79. The maximum Gasteiger partial charge on any atom is 0.412 e. The topological polar surface area (TPSA) is 158 Å². The molecule has 41 heavy (non-hydrogen) atoms. The molecule has 0 saturated carbocycles. The number of carbonyl (C=O) groups excluding carboxylic acids is 3. The lowest BCUT2D eigenvalue weighted by Crippen LogP contribution is -2.45. The highest BCUT2D eigenvalue weighted by Crippen LogP contribution is 2.45. The number of anilines is 2. The highest BCUT2D eigenvalue weighted by atomic mass is 19.3. The van der Waals surface area contributed by atoms with Gasteiger partial charge < -0.3 is 24.6 Å². The van der Waals surface area contributed by atoms with Crippen molar-refractivity contribution in [2.45, 2.75) is 76.2 Å². The number of para-hydroxylation sites is 1. The number of amides is 2. The molecule has 0 bridgehead atoms. The van der Waals surface area contributed by atoms with Gasteiger partial charge in [0.1, 0.15) is 11.9 Å². The summed E-state index contributed by atoms with van der Waals surface area (Å²) >= 11 is 0. The molecule has 0 spiro atoms. The first-order chi connectivity index (χ1) is 19.7. The number of hydrogen-bond acceptors (Lipinski definition) is 9. The van der Waals surface area contributed by atoms with Gasteiger partial charge in [0.25, 0.3) is 0 Å². The molecule has 1 aliphatic heterocycles. The van der Waals surface area contributed by atoms with E-state index in [1.807, 2.05) is 0 Å². The lowest BCUT2D eigenvalue weighted by atomic mass is 10.1. The molecule has 1 aromatic heterocycles. The Bertz CT molecular complexity index is 1230. The molecule has 2 heterocycles. The van der Waals surface area contributed by atoms with Gasteiger partial charge >= 0.3 is 23.7 Å². The van der Waals surface area contributed by atoms with Crippen LogP contribution in [0, 0.1) is 0 Å². The van der Waals surface area contributed by atoms with Crippen LogP contribution in [0.15, 0.2) is 47.4 Å². The molecular formula is C27H34F2N4O8. The van der Waals surface area contributed by atoms with Crippen molar-refractivity contribution in [3.63, 3.8) is 0 Å². The third-order valence-electron chi connectivity index (χ3n) is 6.23. The molecule has 3 N–H and O–H groups in total. The number of aromatic nitrogens is 2. The number of unbranched alkanes of at least 4 members (excludes halogenated alkanes) is 4. The van der Waals surface area contributed by atoms with Crippen LogP contribution >= 0.6 is 0 Å². The van der Waals surface area contributed by atoms with Crippen LogP contribution in [0.4, 0.5) is 25.1 Å². The summed E-state index contributed by atoms with van der Waals surface area (Å²) < 4.78 is 46.8. The van der Waals surface area contributed by atoms with E-state index in [1.54, 1.807) is 30.3 Å². The van der Waals surface area contributed by atoms with Crippen LogP contribution in [-0.4, -0.2) is 64.0 Å². The molecule has 2 aromatic rings. The van der Waals surface area contributed by atoms with Gasteiger partial charge in [0, 0.05) is 18.3 Å². The van der Waals surface area contributed by atoms with Crippen molar-refractivity contribution in [1.82, 2.24) is 9.55 Å². The van der Waals surface area contributed by atoms with E-state index in [2.05, 4.69) is 22.5 Å². The third-order valence-corrected chi connectivity index (χ3v) is 6.23. The molecule has 2 amide bonds. The molecule has 12 nitrogen and oxygen atoms in total. The van der Waals surface area contributed by atoms with Crippen LogP contribution in [0.1, 0.15) is 58.1 Å². The number of hydrogen-bond donors (Lipinski definition) is 3. The van der Waals surface area contributed by atoms with Crippen LogP contribution in [0.2, 0.25) is 0 Å². The van der Waals surface area contributed by atoms with Crippen molar-refractivity contribution in [2.75, 3.05) is 23.8 Å². The molecule has 1 saturated heterocycles. The Morgan fingerprint density at radius 1 is 1.07 bits per heavy atom. The smallest absolute Gasteiger partial charge is 0.412 e. The molecule has 14 heteroatoms. The summed E-state index contributed by atoms with van der Waals surface area (Å²) in [4.78, 5) is 52.8. The van der Waals surface area contributed by atoms with Crippen LogP contribution in [0.25, 0.3) is 0 Å². The van der Waals surface area contributed by atoms with Crippen molar-refractivity contribution in [3.05, 3.63) is 53.1 Å². The van der Waals surface area contributed by atoms with Gasteiger partial charge in [0.2, 0.25) is 12.1 Å². The average Bonchev–Trinajstić information content (AvgIpc) is 3.19. The number of nitrogens with zero attached hydrogens (tertiary/aromatic N) is 2. The largest absolute Gasteiger partial charge is 0.453 e. The number of benzene rings is 1. The van der Waals surface area contributed by atoms with Crippen molar-refractivity contribution in [1.29, 1.82) is 0 Å². The second-order valence-electron chi connectivity index (χ2n) is 9.37. The lowest BCUT2D eigenvalue weighted by molar-refractivity contribution is -0.176. The number of rotatable bonds is 14. The summed E-state index contributed by atoms with van der Waals surface area (Å²) in [7, 11) is 0. The van der Waals surface area contributed by atoms with E-state index < -0.39 is 66.9 Å². The van der Waals surface area contributed by atoms with Gasteiger partial charge in [-0.3, -0.25) is 14.9 Å². The first-order valence-electron chi connectivity index (χ1n) is 13.4. The lowest BCUT2D eigenvalue weighted by Gasteiger charge is -2.25. The zero-order chi connectivity index (χ0) is 29.8. The number of aliphatic hydroxyl groups is 1. The second kappa shape index (κ2) is 15.2. The molecule has 0 radical (unpaired) electrons.